The van der Waals surface area contributed by atoms with Gasteiger partial charge in [0, 0.05) is 24.2 Å². The zero-order chi connectivity index (χ0) is 12.1. The molecule has 0 heterocycles. The van der Waals surface area contributed by atoms with E-state index >= 15 is 0 Å². The molecular weight excluding hydrogens is 211 g/mol. The second kappa shape index (κ2) is 5.46. The van der Waals surface area contributed by atoms with Gasteiger partial charge in [-0.3, -0.25) is 4.79 Å². The Morgan fingerprint density at radius 3 is 2.81 bits per heavy atom. The average molecular weight is 226 g/mol. The fourth-order valence-corrected chi connectivity index (χ4v) is 1.25. The van der Waals surface area contributed by atoms with Gasteiger partial charge in [-0.15, -0.1) is 0 Å². The number of nitrogens with one attached hydrogen (secondary N) is 2. The van der Waals surface area contributed by atoms with Crippen LogP contribution in [-0.2, 0) is 4.79 Å². The first-order chi connectivity index (χ1) is 7.54. The molecule has 0 radical (unpaired) electrons. The fraction of sp³-hybridized carbons (Fsp3) is 0.364. The van der Waals surface area contributed by atoms with Crippen molar-refractivity contribution in [3.05, 3.63) is 24.0 Å². The number of phenolic OH excluding ortho intramolecular Hbond substituents is 1. The number of rotatable bonds is 4. The number of anilines is 1. The minimum atomic E-state index is -0.751. The molecule has 0 aliphatic rings. The van der Waals surface area contributed by atoms with Gasteiger partial charge in [-0.1, -0.05) is 6.92 Å². The second-order valence-corrected chi connectivity index (χ2v) is 3.61. The standard InChI is InChI=1S/C11H15FN2O2/c1-7(6-13-2)11(16)14-8-3-4-10(15)9(12)5-8/h3-5,7,13,15H,6H2,1-2H3,(H,14,16). The zero-order valence-electron chi connectivity index (χ0n) is 9.25. The Bertz CT molecular complexity index is 382. The summed E-state index contributed by atoms with van der Waals surface area (Å²) in [6, 6.07) is 3.73. The number of halogens is 1. The monoisotopic (exact) mass is 226 g/mol. The van der Waals surface area contributed by atoms with Crippen molar-refractivity contribution >= 4 is 11.6 Å². The van der Waals surface area contributed by atoms with E-state index in [1.807, 2.05) is 0 Å². The van der Waals surface area contributed by atoms with E-state index in [1.165, 1.54) is 12.1 Å². The van der Waals surface area contributed by atoms with E-state index in [4.69, 9.17) is 5.11 Å². The Kier molecular flexibility index (Phi) is 4.25. The van der Waals surface area contributed by atoms with Crippen molar-refractivity contribution in [3.8, 4) is 5.75 Å². The molecule has 5 heteroatoms. The van der Waals surface area contributed by atoms with Gasteiger partial charge in [0.05, 0.1) is 0 Å². The van der Waals surface area contributed by atoms with Crippen molar-refractivity contribution in [2.75, 3.05) is 18.9 Å². The molecule has 0 bridgehead atoms. The van der Waals surface area contributed by atoms with Crippen LogP contribution in [-0.4, -0.2) is 24.6 Å². The first-order valence-electron chi connectivity index (χ1n) is 4.98. The maximum absolute atomic E-state index is 13.0. The Morgan fingerprint density at radius 1 is 1.56 bits per heavy atom. The average Bonchev–Trinajstić information content (AvgIpc) is 2.24. The molecule has 0 fully saturated rings. The summed E-state index contributed by atoms with van der Waals surface area (Å²) in [7, 11) is 1.75. The maximum atomic E-state index is 13.0. The van der Waals surface area contributed by atoms with Crippen molar-refractivity contribution in [1.82, 2.24) is 5.32 Å². The molecule has 0 aromatic heterocycles. The van der Waals surface area contributed by atoms with Crippen LogP contribution >= 0.6 is 0 Å². The van der Waals surface area contributed by atoms with Crippen LogP contribution in [0.25, 0.3) is 0 Å². The van der Waals surface area contributed by atoms with E-state index in [-0.39, 0.29) is 11.8 Å². The number of phenols is 1. The van der Waals surface area contributed by atoms with Crippen LogP contribution in [0.3, 0.4) is 0 Å². The van der Waals surface area contributed by atoms with Gasteiger partial charge < -0.3 is 15.7 Å². The molecule has 0 saturated heterocycles. The van der Waals surface area contributed by atoms with Crippen LogP contribution < -0.4 is 10.6 Å². The number of carbonyl (C=O) groups is 1. The molecule has 0 spiro atoms. The largest absolute Gasteiger partial charge is 0.505 e. The summed E-state index contributed by atoms with van der Waals surface area (Å²) in [5.74, 6) is -1.58. The lowest BCUT2D eigenvalue weighted by molar-refractivity contribution is -0.119. The molecule has 4 nitrogen and oxygen atoms in total. The van der Waals surface area contributed by atoms with Crippen LogP contribution in [0.5, 0.6) is 5.75 Å². The highest BCUT2D eigenvalue weighted by atomic mass is 19.1. The molecule has 88 valence electrons. The van der Waals surface area contributed by atoms with Gasteiger partial charge >= 0.3 is 0 Å². The summed E-state index contributed by atoms with van der Waals surface area (Å²) in [6.45, 7) is 2.31. The lowest BCUT2D eigenvalue weighted by Gasteiger charge is -2.11. The van der Waals surface area contributed by atoms with E-state index in [1.54, 1.807) is 14.0 Å². The summed E-state index contributed by atoms with van der Waals surface area (Å²) in [5, 5.41) is 14.4. The van der Waals surface area contributed by atoms with Crippen molar-refractivity contribution in [1.29, 1.82) is 0 Å². The first-order valence-corrected chi connectivity index (χ1v) is 4.98. The molecule has 1 aromatic rings. The number of carbonyl (C=O) groups excluding carboxylic acids is 1. The number of hydrogen-bond acceptors (Lipinski definition) is 3. The molecule has 1 unspecified atom stereocenters. The molecule has 1 amide bonds. The summed E-state index contributed by atoms with van der Waals surface area (Å²) in [4.78, 5) is 11.6. The maximum Gasteiger partial charge on any atom is 0.228 e. The molecule has 0 aliphatic carbocycles. The minimum Gasteiger partial charge on any atom is -0.505 e. The summed E-state index contributed by atoms with van der Waals surface area (Å²) < 4.78 is 13.0. The van der Waals surface area contributed by atoms with Crippen molar-refractivity contribution in [3.63, 3.8) is 0 Å². The molecule has 3 N–H and O–H groups in total. The predicted molar refractivity (Wildman–Crippen MR) is 59.8 cm³/mol. The number of hydrogen-bond donors (Lipinski definition) is 3. The minimum absolute atomic E-state index is 0.195. The van der Waals surface area contributed by atoms with Gasteiger partial charge in [-0.05, 0) is 19.2 Å². The Labute approximate surface area is 93.5 Å². The van der Waals surface area contributed by atoms with Crippen LogP contribution in [0.2, 0.25) is 0 Å². The third-order valence-electron chi connectivity index (χ3n) is 2.17. The molecular formula is C11H15FN2O2. The van der Waals surface area contributed by atoms with Gasteiger partial charge in [0.25, 0.3) is 0 Å². The molecule has 0 saturated carbocycles. The van der Waals surface area contributed by atoms with Crippen molar-refractivity contribution < 1.29 is 14.3 Å². The summed E-state index contributed by atoms with van der Waals surface area (Å²) in [5.41, 5.74) is 0.336. The van der Waals surface area contributed by atoms with Gasteiger partial charge in [-0.25, -0.2) is 4.39 Å². The molecule has 1 rings (SSSR count). The molecule has 1 aromatic carbocycles. The lowest BCUT2D eigenvalue weighted by atomic mass is 10.1. The molecule has 0 aliphatic heterocycles. The Hall–Kier alpha value is -1.62. The van der Waals surface area contributed by atoms with E-state index in [0.717, 1.165) is 6.07 Å². The smallest absolute Gasteiger partial charge is 0.228 e. The van der Waals surface area contributed by atoms with Crippen LogP contribution in [0.4, 0.5) is 10.1 Å². The van der Waals surface area contributed by atoms with Gasteiger partial charge in [0.1, 0.15) is 0 Å². The number of benzene rings is 1. The highest BCUT2D eigenvalue weighted by molar-refractivity contribution is 5.92. The van der Waals surface area contributed by atoms with E-state index in [9.17, 15) is 9.18 Å². The number of amides is 1. The van der Waals surface area contributed by atoms with Crippen LogP contribution in [0.1, 0.15) is 6.92 Å². The predicted octanol–water partition coefficient (Wildman–Crippen LogP) is 1.33. The van der Waals surface area contributed by atoms with Crippen molar-refractivity contribution in [2.24, 2.45) is 5.92 Å². The van der Waals surface area contributed by atoms with Gasteiger partial charge in [0.15, 0.2) is 11.6 Å². The topological polar surface area (TPSA) is 61.4 Å². The lowest BCUT2D eigenvalue weighted by Crippen LogP contribution is -2.28. The third kappa shape index (κ3) is 3.20. The summed E-state index contributed by atoms with van der Waals surface area (Å²) >= 11 is 0. The van der Waals surface area contributed by atoms with Gasteiger partial charge in [0.2, 0.25) is 5.91 Å². The molecule has 16 heavy (non-hydrogen) atoms. The summed E-state index contributed by atoms with van der Waals surface area (Å²) in [6.07, 6.45) is 0. The van der Waals surface area contributed by atoms with Crippen LogP contribution in [0.15, 0.2) is 18.2 Å². The fourth-order valence-electron chi connectivity index (χ4n) is 1.25. The van der Waals surface area contributed by atoms with Gasteiger partial charge in [-0.2, -0.15) is 0 Å². The van der Waals surface area contributed by atoms with E-state index in [0.29, 0.717) is 12.2 Å². The van der Waals surface area contributed by atoms with E-state index in [2.05, 4.69) is 10.6 Å². The highest BCUT2D eigenvalue weighted by Crippen LogP contribution is 2.19. The van der Waals surface area contributed by atoms with E-state index < -0.39 is 11.6 Å². The quantitative estimate of drug-likeness (QED) is 0.679. The zero-order valence-corrected chi connectivity index (χ0v) is 9.25. The first kappa shape index (κ1) is 12.4. The second-order valence-electron chi connectivity index (χ2n) is 3.61. The third-order valence-corrected chi connectivity index (χ3v) is 2.17. The van der Waals surface area contributed by atoms with Crippen molar-refractivity contribution in [2.45, 2.75) is 6.92 Å². The number of aromatic hydroxyl groups is 1. The SMILES string of the molecule is CNCC(C)C(=O)Nc1ccc(O)c(F)c1. The van der Waals surface area contributed by atoms with Crippen LogP contribution in [0, 0.1) is 11.7 Å². The Morgan fingerprint density at radius 2 is 2.25 bits per heavy atom. The molecule has 1 atom stereocenters. The highest BCUT2D eigenvalue weighted by Gasteiger charge is 2.12. The normalized spacial score (nSPS) is 12.2. The Balaban J connectivity index is 2.66.